The van der Waals surface area contributed by atoms with Gasteiger partial charge in [0, 0.05) is 36.5 Å². The molecule has 2 bridgehead atoms. The van der Waals surface area contributed by atoms with Crippen molar-refractivity contribution >= 4 is 11.7 Å². The molecule has 0 aromatic carbocycles. The first-order valence-electron chi connectivity index (χ1n) is 18.8. The molecule has 288 valence electrons. The van der Waals surface area contributed by atoms with E-state index >= 15 is 0 Å². The molecule has 16 atom stereocenters. The van der Waals surface area contributed by atoms with Gasteiger partial charge in [-0.05, 0) is 79.1 Å². The third-order valence-corrected chi connectivity index (χ3v) is 11.9. The molecule has 13 nitrogen and oxygen atoms in total. The Hall–Kier alpha value is -2.23. The van der Waals surface area contributed by atoms with Crippen LogP contribution < -0.4 is 5.73 Å². The van der Waals surface area contributed by atoms with Crippen LogP contribution in [0, 0.1) is 23.7 Å². The molecule has 51 heavy (non-hydrogen) atoms. The molecular formula is C38H62N4O9. The van der Waals surface area contributed by atoms with Crippen molar-refractivity contribution in [1.82, 2.24) is 9.88 Å². The Bertz CT molecular complexity index is 1350. The Morgan fingerprint density at radius 1 is 1.12 bits per heavy atom. The lowest BCUT2D eigenvalue weighted by Gasteiger charge is -2.47. The Morgan fingerprint density at radius 3 is 2.49 bits per heavy atom. The standard InChI is InChI=1S/C38H62N4O9/c1-11-29-38(8)33(39)22(4)31(50-38)20(2)18-37(7,45)34(49-36-30(43)28(42(9)10)16-21(3)47-36)23(5)32(24(6)35(44)48-29)46-19-25-17-27(41-51-25)26-14-12-13-15-40-26/h12-15,20-25,28-34,36,43,45H,11,16-19,39H2,1-10H3/t20-,21-,22+,23+,24-,25?,28+,29-,30-,31-,32+,33+,34-,36+,37+,38?/m1/s1. The summed E-state index contributed by atoms with van der Waals surface area (Å²) in [4.78, 5) is 26.3. The molecule has 0 spiro atoms. The molecule has 5 heterocycles. The number of aliphatic hydroxyl groups excluding tert-OH is 1. The van der Waals surface area contributed by atoms with E-state index in [1.165, 1.54) is 0 Å². The minimum atomic E-state index is -1.48. The molecule has 4 aliphatic rings. The predicted molar refractivity (Wildman–Crippen MR) is 191 cm³/mol. The first-order valence-corrected chi connectivity index (χ1v) is 18.8. The Balaban J connectivity index is 1.49. The molecule has 0 aliphatic carbocycles. The quantitative estimate of drug-likeness (QED) is 0.336. The number of hydrogen-bond donors (Lipinski definition) is 3. The van der Waals surface area contributed by atoms with Crippen LogP contribution in [0.2, 0.25) is 0 Å². The van der Waals surface area contributed by atoms with Crippen molar-refractivity contribution in [2.75, 3.05) is 20.7 Å². The van der Waals surface area contributed by atoms with E-state index in [0.29, 0.717) is 25.0 Å². The summed E-state index contributed by atoms with van der Waals surface area (Å²) < 4.78 is 32.7. The Morgan fingerprint density at radius 2 is 1.84 bits per heavy atom. The summed E-state index contributed by atoms with van der Waals surface area (Å²) in [6.45, 7) is 15.5. The second-order valence-corrected chi connectivity index (χ2v) is 16.3. The van der Waals surface area contributed by atoms with Gasteiger partial charge in [-0.3, -0.25) is 9.78 Å². The summed E-state index contributed by atoms with van der Waals surface area (Å²) in [6, 6.07) is 4.98. The highest BCUT2D eigenvalue weighted by molar-refractivity contribution is 5.99. The maximum absolute atomic E-state index is 14.2. The Labute approximate surface area is 303 Å². The zero-order valence-corrected chi connectivity index (χ0v) is 32.1. The lowest BCUT2D eigenvalue weighted by atomic mass is 9.75. The largest absolute Gasteiger partial charge is 0.459 e. The zero-order chi connectivity index (χ0) is 37.4. The topological polar surface area (TPSA) is 167 Å². The number of aliphatic hydroxyl groups is 2. The van der Waals surface area contributed by atoms with Crippen molar-refractivity contribution in [2.45, 2.75) is 153 Å². The number of carbonyl (C=O) groups excluding carboxylic acids is 1. The highest BCUT2D eigenvalue weighted by Crippen LogP contribution is 2.45. The fraction of sp³-hybridized carbons (Fsp3) is 0.816. The van der Waals surface area contributed by atoms with Gasteiger partial charge in [-0.15, -0.1) is 0 Å². The Kier molecular flexibility index (Phi) is 12.6. The third kappa shape index (κ3) is 8.31. The van der Waals surface area contributed by atoms with Crippen LogP contribution in [0.15, 0.2) is 29.6 Å². The second-order valence-electron chi connectivity index (χ2n) is 16.3. The summed E-state index contributed by atoms with van der Waals surface area (Å²) in [7, 11) is 3.83. The van der Waals surface area contributed by atoms with E-state index in [2.05, 4.69) is 17.1 Å². The van der Waals surface area contributed by atoms with Crippen molar-refractivity contribution in [1.29, 1.82) is 0 Å². The summed E-state index contributed by atoms with van der Waals surface area (Å²) in [5, 5.41) is 28.3. The summed E-state index contributed by atoms with van der Waals surface area (Å²) in [5.41, 5.74) is 5.88. The monoisotopic (exact) mass is 718 g/mol. The van der Waals surface area contributed by atoms with Gasteiger partial charge in [-0.1, -0.05) is 38.9 Å². The lowest BCUT2D eigenvalue weighted by molar-refractivity contribution is -0.300. The first kappa shape index (κ1) is 40.0. The third-order valence-electron chi connectivity index (χ3n) is 11.9. The molecule has 4 aliphatic heterocycles. The molecule has 13 heteroatoms. The van der Waals surface area contributed by atoms with Crippen LogP contribution >= 0.6 is 0 Å². The lowest BCUT2D eigenvalue weighted by Crippen LogP contribution is -2.59. The van der Waals surface area contributed by atoms with Gasteiger partial charge in [0.15, 0.2) is 12.4 Å². The molecule has 2 unspecified atom stereocenters. The maximum atomic E-state index is 14.2. The fourth-order valence-electron chi connectivity index (χ4n) is 8.98. The predicted octanol–water partition coefficient (Wildman–Crippen LogP) is 3.28. The zero-order valence-electron chi connectivity index (χ0n) is 32.1. The molecule has 0 amide bonds. The molecule has 5 rings (SSSR count). The number of aromatic nitrogens is 1. The van der Waals surface area contributed by atoms with E-state index in [1.54, 1.807) is 20.0 Å². The van der Waals surface area contributed by atoms with Crippen molar-refractivity contribution in [3.8, 4) is 0 Å². The number of ether oxygens (including phenoxy) is 5. The van der Waals surface area contributed by atoms with E-state index in [-0.39, 0.29) is 43.1 Å². The normalized spacial score (nSPS) is 45.3. The van der Waals surface area contributed by atoms with E-state index < -0.39 is 71.9 Å². The van der Waals surface area contributed by atoms with E-state index in [4.69, 9.17) is 34.3 Å². The number of likely N-dealkylation sites (N-methyl/N-ethyl adjacent to an activating group) is 1. The van der Waals surface area contributed by atoms with Crippen LogP contribution in [0.4, 0.5) is 0 Å². The molecule has 0 radical (unpaired) electrons. The van der Waals surface area contributed by atoms with Crippen molar-refractivity contribution < 1.29 is 43.5 Å². The smallest absolute Gasteiger partial charge is 0.311 e. The van der Waals surface area contributed by atoms with E-state index in [9.17, 15) is 15.0 Å². The maximum Gasteiger partial charge on any atom is 0.311 e. The van der Waals surface area contributed by atoms with Crippen molar-refractivity contribution in [3.63, 3.8) is 0 Å². The molecule has 0 saturated carbocycles. The van der Waals surface area contributed by atoms with Crippen molar-refractivity contribution in [2.24, 2.45) is 34.6 Å². The average Bonchev–Trinajstić information content (AvgIpc) is 3.65. The molecule has 1 aromatic rings. The van der Waals surface area contributed by atoms with Crippen LogP contribution in [0.3, 0.4) is 0 Å². The minimum Gasteiger partial charge on any atom is -0.459 e. The number of carbonyl (C=O) groups is 1. The molecule has 1 aromatic heterocycles. The number of oxime groups is 1. The molecular weight excluding hydrogens is 656 g/mol. The fourth-order valence-corrected chi connectivity index (χ4v) is 8.98. The number of esters is 1. The summed E-state index contributed by atoms with van der Waals surface area (Å²) in [6.07, 6.45) is -1.71. The highest BCUT2D eigenvalue weighted by atomic mass is 16.7. The van der Waals surface area contributed by atoms with Gasteiger partial charge < -0.3 is 49.4 Å². The SMILES string of the molecule is CC[C@H]1OC(=O)[C@H](C)[C@@H](OCC2CC(c3ccccn3)=NO2)[C@H](C)[C@@H](O[C@@H]2O[C@H](C)C[C@H](N(C)C)[C@H]2O)[C@@](C)(O)C[C@@H](C)[C@H]2OC1(C)[C@@H](N)[C@H]2C. The number of nitrogens with two attached hydrogens (primary N) is 1. The summed E-state index contributed by atoms with van der Waals surface area (Å²) >= 11 is 0. The van der Waals surface area contributed by atoms with Gasteiger partial charge in [0.25, 0.3) is 0 Å². The van der Waals surface area contributed by atoms with E-state index in [0.717, 1.165) is 5.69 Å². The van der Waals surface area contributed by atoms with Gasteiger partial charge in [-0.2, -0.15) is 0 Å². The highest BCUT2D eigenvalue weighted by Gasteiger charge is 2.57. The number of rotatable bonds is 8. The molecule has 3 saturated heterocycles. The molecule has 3 fully saturated rings. The minimum absolute atomic E-state index is 0.0726. The van der Waals surface area contributed by atoms with Gasteiger partial charge in [0.1, 0.15) is 23.5 Å². The number of fused-ring (bicyclic) bond motifs is 2. The average molecular weight is 719 g/mol. The van der Waals surface area contributed by atoms with Crippen LogP contribution in [0.5, 0.6) is 0 Å². The van der Waals surface area contributed by atoms with Gasteiger partial charge in [0.2, 0.25) is 0 Å². The van der Waals surface area contributed by atoms with Crippen LogP contribution in [0.1, 0.15) is 86.8 Å². The van der Waals surface area contributed by atoms with Crippen molar-refractivity contribution in [3.05, 3.63) is 30.1 Å². The number of cyclic esters (lactones) is 1. The summed E-state index contributed by atoms with van der Waals surface area (Å²) in [5.74, 6) is -2.09. The first-order chi connectivity index (χ1) is 24.0. The number of hydrogen-bond acceptors (Lipinski definition) is 13. The van der Waals surface area contributed by atoms with Crippen LogP contribution in [-0.2, 0) is 33.3 Å². The van der Waals surface area contributed by atoms with Crippen LogP contribution in [0.25, 0.3) is 0 Å². The van der Waals surface area contributed by atoms with E-state index in [1.807, 2.05) is 71.8 Å². The van der Waals surface area contributed by atoms with Gasteiger partial charge >= 0.3 is 5.97 Å². The number of nitrogens with zero attached hydrogens (tertiary/aromatic N) is 3. The van der Waals surface area contributed by atoms with Gasteiger partial charge in [-0.25, -0.2) is 0 Å². The van der Waals surface area contributed by atoms with Gasteiger partial charge in [0.05, 0.1) is 48.2 Å². The van der Waals surface area contributed by atoms with Crippen LogP contribution in [-0.4, -0.2) is 125 Å². The second kappa shape index (κ2) is 16.0. The molecule has 4 N–H and O–H groups in total. The number of pyridine rings is 1.